The summed E-state index contributed by atoms with van der Waals surface area (Å²) in [5.41, 5.74) is 1.48. The van der Waals surface area contributed by atoms with Gasteiger partial charge in [-0.15, -0.1) is 0 Å². The molecular weight excluding hydrogens is 267 g/mol. The maximum atomic E-state index is 13.1. The zero-order valence-electron chi connectivity index (χ0n) is 12.1. The molecule has 0 N–H and O–H groups in total. The summed E-state index contributed by atoms with van der Waals surface area (Å²) in [4.78, 5) is 18.3. The number of hydrogen-bond acceptors (Lipinski definition) is 3. The highest BCUT2D eigenvalue weighted by Gasteiger charge is 2.08. The molecule has 1 aromatic heterocycles. The van der Waals surface area contributed by atoms with Gasteiger partial charge in [0.05, 0.1) is 0 Å². The number of carbonyl (C=O) groups is 1. The van der Waals surface area contributed by atoms with E-state index < -0.39 is 0 Å². The van der Waals surface area contributed by atoms with Crippen molar-refractivity contribution in [2.24, 2.45) is 0 Å². The minimum atomic E-state index is -0.371. The van der Waals surface area contributed by atoms with Gasteiger partial charge in [0.1, 0.15) is 5.82 Å². The van der Waals surface area contributed by atoms with Crippen LogP contribution >= 0.6 is 0 Å². The van der Waals surface area contributed by atoms with E-state index in [1.54, 1.807) is 18.3 Å². The first-order valence-electron chi connectivity index (χ1n) is 7.02. The van der Waals surface area contributed by atoms with E-state index in [1.807, 2.05) is 25.2 Å². The zero-order chi connectivity index (χ0) is 15.1. The third kappa shape index (κ3) is 5.08. The molecule has 0 unspecified atom stereocenters. The van der Waals surface area contributed by atoms with Crippen LogP contribution in [0, 0.1) is 5.82 Å². The lowest BCUT2D eigenvalue weighted by Gasteiger charge is -2.15. The van der Waals surface area contributed by atoms with Crippen molar-refractivity contribution in [2.75, 3.05) is 20.1 Å². The third-order valence-electron chi connectivity index (χ3n) is 3.34. The number of nitrogens with zero attached hydrogens (tertiary/aromatic N) is 2. The van der Waals surface area contributed by atoms with Gasteiger partial charge in [-0.2, -0.15) is 0 Å². The first kappa shape index (κ1) is 15.3. The summed E-state index contributed by atoms with van der Waals surface area (Å²) in [6.07, 6.45) is 3.02. The Balaban J connectivity index is 1.76. The van der Waals surface area contributed by atoms with Gasteiger partial charge in [-0.25, -0.2) is 4.39 Å². The quantitative estimate of drug-likeness (QED) is 0.734. The molecule has 4 heteroatoms. The standard InChI is InChI=1S/C17H19FN2O/c1-20(11-8-16-7-2-3-10-19-16)12-9-17(21)14-5-4-6-15(18)13-14/h2-7,10,13H,8-9,11-12H2,1H3. The van der Waals surface area contributed by atoms with Crippen molar-refractivity contribution in [3.63, 3.8) is 0 Å². The van der Waals surface area contributed by atoms with Gasteiger partial charge in [-0.3, -0.25) is 9.78 Å². The number of aromatic nitrogens is 1. The average Bonchev–Trinajstić information content (AvgIpc) is 2.51. The van der Waals surface area contributed by atoms with Crippen molar-refractivity contribution in [1.29, 1.82) is 0 Å². The van der Waals surface area contributed by atoms with Crippen molar-refractivity contribution in [3.05, 3.63) is 65.7 Å². The second kappa shape index (κ2) is 7.64. The van der Waals surface area contributed by atoms with Crippen molar-refractivity contribution in [3.8, 4) is 0 Å². The van der Waals surface area contributed by atoms with E-state index in [0.29, 0.717) is 18.5 Å². The summed E-state index contributed by atoms with van der Waals surface area (Å²) in [7, 11) is 1.97. The van der Waals surface area contributed by atoms with Gasteiger partial charge in [0, 0.05) is 43.4 Å². The fourth-order valence-corrected chi connectivity index (χ4v) is 2.06. The number of pyridine rings is 1. The predicted octanol–water partition coefficient (Wildman–Crippen LogP) is 2.97. The molecule has 0 aliphatic carbocycles. The zero-order valence-corrected chi connectivity index (χ0v) is 12.1. The van der Waals surface area contributed by atoms with Crippen LogP contribution in [-0.4, -0.2) is 35.8 Å². The van der Waals surface area contributed by atoms with Crippen molar-refractivity contribution in [1.82, 2.24) is 9.88 Å². The fraction of sp³-hybridized carbons (Fsp3) is 0.294. The highest BCUT2D eigenvalue weighted by molar-refractivity contribution is 5.96. The Bertz CT molecular complexity index is 586. The molecule has 2 rings (SSSR count). The van der Waals surface area contributed by atoms with Gasteiger partial charge < -0.3 is 4.90 Å². The molecule has 0 fully saturated rings. The highest BCUT2D eigenvalue weighted by Crippen LogP contribution is 2.07. The number of hydrogen-bond donors (Lipinski definition) is 0. The molecule has 0 spiro atoms. The highest BCUT2D eigenvalue weighted by atomic mass is 19.1. The van der Waals surface area contributed by atoms with Crippen LogP contribution in [0.15, 0.2) is 48.7 Å². The molecule has 0 aliphatic heterocycles. The molecule has 21 heavy (non-hydrogen) atoms. The Hall–Kier alpha value is -2.07. The minimum Gasteiger partial charge on any atom is -0.306 e. The molecule has 2 aromatic rings. The molecule has 0 saturated carbocycles. The summed E-state index contributed by atoms with van der Waals surface area (Å²) in [5.74, 6) is -0.399. The SMILES string of the molecule is CN(CCC(=O)c1cccc(F)c1)CCc1ccccn1. The van der Waals surface area contributed by atoms with Gasteiger partial charge in [-0.1, -0.05) is 18.2 Å². The lowest BCUT2D eigenvalue weighted by Crippen LogP contribution is -2.24. The van der Waals surface area contributed by atoms with Crippen LogP contribution in [0.4, 0.5) is 4.39 Å². The van der Waals surface area contributed by atoms with Crippen molar-refractivity contribution in [2.45, 2.75) is 12.8 Å². The fourth-order valence-electron chi connectivity index (χ4n) is 2.06. The lowest BCUT2D eigenvalue weighted by molar-refractivity contribution is 0.0969. The Morgan fingerprint density at radius 1 is 1.19 bits per heavy atom. The molecule has 0 saturated heterocycles. The van der Waals surface area contributed by atoms with Crippen LogP contribution in [-0.2, 0) is 6.42 Å². The van der Waals surface area contributed by atoms with Crippen molar-refractivity contribution < 1.29 is 9.18 Å². The molecular formula is C17H19FN2O. The van der Waals surface area contributed by atoms with Gasteiger partial charge in [0.2, 0.25) is 0 Å². The first-order valence-corrected chi connectivity index (χ1v) is 7.02. The number of Topliss-reactive ketones (excluding diaryl/α,β-unsaturated/α-hetero) is 1. The van der Waals surface area contributed by atoms with E-state index in [-0.39, 0.29) is 11.6 Å². The topological polar surface area (TPSA) is 33.2 Å². The molecule has 0 bridgehead atoms. The second-order valence-corrected chi connectivity index (χ2v) is 5.06. The number of halogens is 1. The van der Waals surface area contributed by atoms with Crippen LogP contribution in [0.5, 0.6) is 0 Å². The van der Waals surface area contributed by atoms with Crippen LogP contribution in [0.1, 0.15) is 22.5 Å². The molecule has 0 radical (unpaired) electrons. The van der Waals surface area contributed by atoms with Crippen LogP contribution in [0.3, 0.4) is 0 Å². The molecule has 0 atom stereocenters. The minimum absolute atomic E-state index is 0.0285. The number of carbonyl (C=O) groups excluding carboxylic acids is 1. The predicted molar refractivity (Wildman–Crippen MR) is 80.8 cm³/mol. The molecule has 1 aromatic carbocycles. The smallest absolute Gasteiger partial charge is 0.164 e. The van der Waals surface area contributed by atoms with Crippen LogP contribution in [0.25, 0.3) is 0 Å². The van der Waals surface area contributed by atoms with Crippen LogP contribution in [0.2, 0.25) is 0 Å². The number of ketones is 1. The third-order valence-corrected chi connectivity index (χ3v) is 3.34. The Morgan fingerprint density at radius 2 is 2.05 bits per heavy atom. The summed E-state index contributed by atoms with van der Waals surface area (Å²) < 4.78 is 13.1. The Labute approximate surface area is 124 Å². The summed E-state index contributed by atoms with van der Waals surface area (Å²) in [6, 6.07) is 11.7. The molecule has 110 valence electrons. The van der Waals surface area contributed by atoms with Crippen molar-refractivity contribution >= 4 is 5.78 Å². The van der Waals surface area contributed by atoms with E-state index in [2.05, 4.69) is 9.88 Å². The monoisotopic (exact) mass is 286 g/mol. The number of likely N-dealkylation sites (N-methyl/N-ethyl adjacent to an activating group) is 1. The van der Waals surface area contributed by atoms with Crippen LogP contribution < -0.4 is 0 Å². The largest absolute Gasteiger partial charge is 0.306 e. The molecule has 0 aliphatic rings. The Kier molecular flexibility index (Phi) is 5.58. The molecule has 1 heterocycles. The van der Waals surface area contributed by atoms with Gasteiger partial charge in [-0.05, 0) is 31.3 Å². The average molecular weight is 286 g/mol. The van der Waals surface area contributed by atoms with Gasteiger partial charge >= 0.3 is 0 Å². The second-order valence-electron chi connectivity index (χ2n) is 5.06. The lowest BCUT2D eigenvalue weighted by atomic mass is 10.1. The van der Waals surface area contributed by atoms with E-state index in [9.17, 15) is 9.18 Å². The van der Waals surface area contributed by atoms with E-state index in [0.717, 1.165) is 18.7 Å². The molecule has 0 amide bonds. The van der Waals surface area contributed by atoms with E-state index in [4.69, 9.17) is 0 Å². The Morgan fingerprint density at radius 3 is 2.76 bits per heavy atom. The maximum absolute atomic E-state index is 13.1. The number of benzene rings is 1. The first-order chi connectivity index (χ1) is 10.1. The summed E-state index contributed by atoms with van der Waals surface area (Å²) in [6.45, 7) is 1.50. The van der Waals surface area contributed by atoms with E-state index >= 15 is 0 Å². The summed E-state index contributed by atoms with van der Waals surface area (Å²) in [5, 5.41) is 0. The van der Waals surface area contributed by atoms with Gasteiger partial charge in [0.15, 0.2) is 5.78 Å². The normalized spacial score (nSPS) is 10.8. The maximum Gasteiger partial charge on any atom is 0.164 e. The summed E-state index contributed by atoms with van der Waals surface area (Å²) >= 11 is 0. The molecule has 3 nitrogen and oxygen atoms in total. The van der Waals surface area contributed by atoms with E-state index in [1.165, 1.54) is 12.1 Å². The van der Waals surface area contributed by atoms with Gasteiger partial charge in [0.25, 0.3) is 0 Å². The number of rotatable bonds is 7.